The van der Waals surface area contributed by atoms with Gasteiger partial charge in [0.2, 0.25) is 10.0 Å². The fraction of sp³-hybridized carbons (Fsp3) is 0.269. The van der Waals surface area contributed by atoms with Crippen molar-refractivity contribution in [2.45, 2.75) is 30.3 Å². The van der Waals surface area contributed by atoms with Crippen molar-refractivity contribution in [3.05, 3.63) is 83.4 Å². The van der Waals surface area contributed by atoms with Gasteiger partial charge in [0.25, 0.3) is 0 Å². The van der Waals surface area contributed by atoms with Gasteiger partial charge in [-0.2, -0.15) is 9.57 Å². The third-order valence-corrected chi connectivity index (χ3v) is 8.69. The molecule has 168 valence electrons. The third kappa shape index (κ3) is 3.70. The number of sulfonamides is 1. The van der Waals surface area contributed by atoms with Gasteiger partial charge in [-0.05, 0) is 66.4 Å². The Hall–Kier alpha value is -3.18. The van der Waals surface area contributed by atoms with E-state index in [4.69, 9.17) is 5.26 Å². The topological polar surface area (TPSA) is 93.4 Å². The number of nitrogens with zero attached hydrogens (tertiary/aromatic N) is 2. The van der Waals surface area contributed by atoms with Gasteiger partial charge in [-0.3, -0.25) is 0 Å². The maximum absolute atomic E-state index is 13.6. The van der Waals surface area contributed by atoms with Crippen LogP contribution in [-0.2, 0) is 10.0 Å². The van der Waals surface area contributed by atoms with E-state index in [0.717, 1.165) is 27.9 Å². The second kappa shape index (κ2) is 8.31. The van der Waals surface area contributed by atoms with E-state index >= 15 is 0 Å². The third-order valence-electron chi connectivity index (χ3n) is 6.80. The molecule has 1 fully saturated rings. The van der Waals surface area contributed by atoms with E-state index in [2.05, 4.69) is 11.4 Å². The van der Waals surface area contributed by atoms with E-state index in [0.29, 0.717) is 18.5 Å². The number of rotatable bonds is 4. The normalized spacial score (nSPS) is 22.2. The van der Waals surface area contributed by atoms with Gasteiger partial charge < -0.3 is 10.4 Å². The molecule has 2 N–H and O–H groups in total. The summed E-state index contributed by atoms with van der Waals surface area (Å²) in [5, 5.41) is 22.5. The number of nitrogens with one attached hydrogen (secondary N) is 1. The number of aliphatic hydroxyl groups excluding tert-OH is 1. The zero-order chi connectivity index (χ0) is 23.2. The summed E-state index contributed by atoms with van der Waals surface area (Å²) in [7, 11) is -3.70. The molecule has 2 heterocycles. The van der Waals surface area contributed by atoms with Crippen LogP contribution >= 0.6 is 0 Å². The van der Waals surface area contributed by atoms with Crippen LogP contribution in [0, 0.1) is 24.2 Å². The quantitative estimate of drug-likeness (QED) is 0.613. The smallest absolute Gasteiger partial charge is 0.243 e. The van der Waals surface area contributed by atoms with Crippen LogP contribution in [0.1, 0.15) is 29.2 Å². The van der Waals surface area contributed by atoms with E-state index in [1.807, 2.05) is 49.4 Å². The van der Waals surface area contributed by atoms with Crippen LogP contribution in [0.25, 0.3) is 11.1 Å². The van der Waals surface area contributed by atoms with Crippen LogP contribution in [0.5, 0.6) is 0 Å². The van der Waals surface area contributed by atoms with Gasteiger partial charge >= 0.3 is 0 Å². The first-order valence-corrected chi connectivity index (χ1v) is 12.5. The molecule has 0 aliphatic carbocycles. The predicted molar refractivity (Wildman–Crippen MR) is 127 cm³/mol. The van der Waals surface area contributed by atoms with Gasteiger partial charge in [0.05, 0.1) is 35.2 Å². The Bertz CT molecular complexity index is 1330. The minimum Gasteiger partial charge on any atom is -0.394 e. The lowest BCUT2D eigenvalue weighted by molar-refractivity contribution is 0.210. The monoisotopic (exact) mass is 459 g/mol. The molecule has 2 aliphatic rings. The van der Waals surface area contributed by atoms with Crippen LogP contribution in [0.15, 0.2) is 71.6 Å². The minimum absolute atomic E-state index is 0.0288. The Labute approximate surface area is 194 Å². The molecule has 0 bridgehead atoms. The standard InChI is InChI=1S/C26H25N3O3S/c1-17-2-9-21(10-3-17)33(31,32)29-13-12-22-25(16-30)28-24-11-8-20(14-23(24)26(22)29)19-6-4-18(15-27)5-7-19/h2-11,14,22,25-26,28,30H,12-13,16H2,1H3/t22-,25-,26-/m0/s1. The summed E-state index contributed by atoms with van der Waals surface area (Å²) < 4.78 is 28.9. The average molecular weight is 460 g/mol. The molecule has 1 saturated heterocycles. The summed E-state index contributed by atoms with van der Waals surface area (Å²) in [6.45, 7) is 2.28. The molecular weight excluding hydrogens is 434 g/mol. The van der Waals surface area contributed by atoms with Gasteiger partial charge in [-0.15, -0.1) is 0 Å². The van der Waals surface area contributed by atoms with Crippen molar-refractivity contribution in [3.63, 3.8) is 0 Å². The number of hydrogen-bond acceptors (Lipinski definition) is 5. The summed E-state index contributed by atoms with van der Waals surface area (Å²) in [5.74, 6) is -0.0288. The summed E-state index contributed by atoms with van der Waals surface area (Å²) in [4.78, 5) is 0.289. The minimum atomic E-state index is -3.70. The first kappa shape index (κ1) is 21.7. The largest absolute Gasteiger partial charge is 0.394 e. The Morgan fingerprint density at radius 3 is 2.42 bits per heavy atom. The number of nitriles is 1. The van der Waals surface area contributed by atoms with Crippen LogP contribution in [0.3, 0.4) is 0 Å². The second-order valence-electron chi connectivity index (χ2n) is 8.75. The number of benzene rings is 3. The fourth-order valence-electron chi connectivity index (χ4n) is 5.05. The molecule has 3 aromatic carbocycles. The maximum Gasteiger partial charge on any atom is 0.243 e. The maximum atomic E-state index is 13.6. The van der Waals surface area contributed by atoms with Crippen molar-refractivity contribution in [1.82, 2.24) is 4.31 Å². The average Bonchev–Trinajstić information content (AvgIpc) is 3.30. The molecule has 0 radical (unpaired) electrons. The van der Waals surface area contributed by atoms with E-state index in [1.165, 1.54) is 0 Å². The molecule has 5 rings (SSSR count). The van der Waals surface area contributed by atoms with Crippen LogP contribution in [-0.4, -0.2) is 37.0 Å². The summed E-state index contributed by atoms with van der Waals surface area (Å²) in [6.07, 6.45) is 0.675. The number of aryl methyl sites for hydroxylation is 1. The van der Waals surface area contributed by atoms with Crippen LogP contribution in [0.2, 0.25) is 0 Å². The zero-order valence-electron chi connectivity index (χ0n) is 18.3. The van der Waals surface area contributed by atoms with Gasteiger partial charge in [0.15, 0.2) is 0 Å². The SMILES string of the molecule is Cc1ccc(S(=O)(=O)N2CC[C@H]3[C@H](CO)Nc4ccc(-c5ccc(C#N)cc5)cc4[C@H]32)cc1. The van der Waals surface area contributed by atoms with E-state index in [9.17, 15) is 13.5 Å². The highest BCUT2D eigenvalue weighted by atomic mass is 32.2. The molecule has 0 aromatic heterocycles. The summed E-state index contributed by atoms with van der Waals surface area (Å²) in [6, 6.07) is 21.9. The number of hydrogen-bond donors (Lipinski definition) is 2. The first-order chi connectivity index (χ1) is 15.9. The second-order valence-corrected chi connectivity index (χ2v) is 10.6. The molecular formula is C26H25N3O3S. The van der Waals surface area contributed by atoms with Gasteiger partial charge in [0, 0.05) is 18.2 Å². The first-order valence-electron chi connectivity index (χ1n) is 11.0. The van der Waals surface area contributed by atoms with Crippen molar-refractivity contribution < 1.29 is 13.5 Å². The van der Waals surface area contributed by atoms with Crippen molar-refractivity contribution in [2.75, 3.05) is 18.5 Å². The fourth-order valence-corrected chi connectivity index (χ4v) is 6.72. The number of aliphatic hydroxyl groups is 1. The predicted octanol–water partition coefficient (Wildman–Crippen LogP) is 4.07. The van der Waals surface area contributed by atoms with Crippen molar-refractivity contribution in [2.24, 2.45) is 5.92 Å². The molecule has 0 saturated carbocycles. The lowest BCUT2D eigenvalue weighted by atomic mass is 9.82. The molecule has 2 aliphatic heterocycles. The van der Waals surface area contributed by atoms with Gasteiger partial charge in [-0.25, -0.2) is 8.42 Å². The Kier molecular flexibility index (Phi) is 5.45. The van der Waals surface area contributed by atoms with Crippen LogP contribution < -0.4 is 5.32 Å². The number of fused-ring (bicyclic) bond motifs is 3. The van der Waals surface area contributed by atoms with E-state index < -0.39 is 10.0 Å². The van der Waals surface area contributed by atoms with Crippen molar-refractivity contribution >= 4 is 15.7 Å². The van der Waals surface area contributed by atoms with Crippen LogP contribution in [0.4, 0.5) is 5.69 Å². The summed E-state index contributed by atoms with van der Waals surface area (Å²) in [5.41, 5.74) is 5.28. The lowest BCUT2D eigenvalue weighted by Gasteiger charge is -2.39. The molecule has 3 aromatic rings. The summed E-state index contributed by atoms with van der Waals surface area (Å²) >= 11 is 0. The Morgan fingerprint density at radius 2 is 1.76 bits per heavy atom. The van der Waals surface area contributed by atoms with E-state index in [1.54, 1.807) is 28.6 Å². The lowest BCUT2D eigenvalue weighted by Crippen LogP contribution is -2.42. The highest BCUT2D eigenvalue weighted by molar-refractivity contribution is 7.89. The number of anilines is 1. The molecule has 0 unspecified atom stereocenters. The molecule has 6 nitrogen and oxygen atoms in total. The Morgan fingerprint density at radius 1 is 1.06 bits per heavy atom. The van der Waals surface area contributed by atoms with Gasteiger partial charge in [0.1, 0.15) is 0 Å². The zero-order valence-corrected chi connectivity index (χ0v) is 19.1. The van der Waals surface area contributed by atoms with Gasteiger partial charge in [-0.1, -0.05) is 35.9 Å². The molecule has 7 heteroatoms. The van der Waals surface area contributed by atoms with Crippen molar-refractivity contribution in [1.29, 1.82) is 5.26 Å². The highest BCUT2D eigenvalue weighted by Gasteiger charge is 2.48. The highest BCUT2D eigenvalue weighted by Crippen LogP contribution is 2.49. The molecule has 0 spiro atoms. The Balaban J connectivity index is 1.59. The molecule has 33 heavy (non-hydrogen) atoms. The van der Waals surface area contributed by atoms with E-state index in [-0.39, 0.29) is 29.5 Å². The molecule has 0 amide bonds. The van der Waals surface area contributed by atoms with Crippen molar-refractivity contribution in [3.8, 4) is 17.2 Å². The molecule has 3 atom stereocenters.